The van der Waals surface area contributed by atoms with E-state index >= 15 is 0 Å². The number of thiophene rings is 1. The Labute approximate surface area is 82.4 Å². The first-order valence-electron chi connectivity index (χ1n) is 4.73. The fraction of sp³-hybridized carbons (Fsp3) is 0.364. The van der Waals surface area contributed by atoms with Gasteiger partial charge in [-0.1, -0.05) is 13.3 Å². The molecule has 2 rings (SSSR count). The Kier molecular flexibility index (Phi) is 2.60. The van der Waals surface area contributed by atoms with Crippen molar-refractivity contribution in [2.75, 3.05) is 0 Å². The lowest BCUT2D eigenvalue weighted by Crippen LogP contribution is -1.85. The third-order valence-corrected chi connectivity index (χ3v) is 3.20. The molecule has 2 aromatic rings. The second-order valence-electron chi connectivity index (χ2n) is 3.21. The van der Waals surface area contributed by atoms with Crippen LogP contribution in [-0.4, -0.2) is 4.98 Å². The van der Waals surface area contributed by atoms with Gasteiger partial charge in [-0.3, -0.25) is 4.98 Å². The van der Waals surface area contributed by atoms with Gasteiger partial charge in [0.25, 0.3) is 0 Å². The molecule has 0 bridgehead atoms. The van der Waals surface area contributed by atoms with Crippen LogP contribution in [0.5, 0.6) is 0 Å². The maximum absolute atomic E-state index is 4.32. The molecule has 13 heavy (non-hydrogen) atoms. The Bertz CT molecular complexity index is 392. The van der Waals surface area contributed by atoms with E-state index in [0.29, 0.717) is 0 Å². The molecule has 0 radical (unpaired) electrons. The summed E-state index contributed by atoms with van der Waals surface area (Å²) >= 11 is 1.80. The Morgan fingerprint density at radius 2 is 2.31 bits per heavy atom. The van der Waals surface area contributed by atoms with Crippen molar-refractivity contribution in [3.63, 3.8) is 0 Å². The summed E-state index contributed by atoms with van der Waals surface area (Å²) in [6, 6.07) is 4.24. The maximum Gasteiger partial charge on any atom is 0.0812 e. The van der Waals surface area contributed by atoms with Gasteiger partial charge >= 0.3 is 0 Å². The van der Waals surface area contributed by atoms with Gasteiger partial charge in [0, 0.05) is 6.20 Å². The van der Waals surface area contributed by atoms with Crippen molar-refractivity contribution in [2.45, 2.75) is 26.2 Å². The van der Waals surface area contributed by atoms with Crippen LogP contribution in [0.15, 0.2) is 23.7 Å². The van der Waals surface area contributed by atoms with Gasteiger partial charge in [-0.15, -0.1) is 11.3 Å². The standard InChI is InChI=1S/C11H13NS/c1-2-3-4-9-5-7-12-10-6-8-13-11(9)10/h5-8H,2-4H2,1H3. The predicted octanol–water partition coefficient (Wildman–Crippen LogP) is 3.64. The Balaban J connectivity index is 2.37. The third kappa shape index (κ3) is 1.73. The predicted molar refractivity (Wildman–Crippen MR) is 58.2 cm³/mol. The van der Waals surface area contributed by atoms with E-state index < -0.39 is 0 Å². The lowest BCUT2D eigenvalue weighted by Gasteiger charge is -2.00. The topological polar surface area (TPSA) is 12.9 Å². The van der Waals surface area contributed by atoms with Crippen molar-refractivity contribution in [2.24, 2.45) is 0 Å². The molecule has 0 fully saturated rings. The highest BCUT2D eigenvalue weighted by molar-refractivity contribution is 7.17. The number of nitrogens with zero attached hydrogens (tertiary/aromatic N) is 1. The molecule has 0 aliphatic rings. The SMILES string of the molecule is CCCCc1ccnc2ccsc12. The zero-order valence-corrected chi connectivity index (χ0v) is 8.60. The minimum absolute atomic E-state index is 1.15. The van der Waals surface area contributed by atoms with E-state index in [-0.39, 0.29) is 0 Å². The van der Waals surface area contributed by atoms with Crippen LogP contribution in [0, 0.1) is 0 Å². The highest BCUT2D eigenvalue weighted by Gasteiger charge is 2.01. The maximum atomic E-state index is 4.32. The summed E-state index contributed by atoms with van der Waals surface area (Å²) in [4.78, 5) is 4.32. The number of hydrogen-bond acceptors (Lipinski definition) is 2. The smallest absolute Gasteiger partial charge is 0.0812 e. The molecule has 0 aliphatic heterocycles. The van der Waals surface area contributed by atoms with Gasteiger partial charge in [-0.2, -0.15) is 0 Å². The molecular weight excluding hydrogens is 178 g/mol. The molecule has 0 aromatic carbocycles. The zero-order chi connectivity index (χ0) is 9.10. The zero-order valence-electron chi connectivity index (χ0n) is 7.79. The molecule has 0 aliphatic carbocycles. The van der Waals surface area contributed by atoms with Gasteiger partial charge in [0.05, 0.1) is 10.2 Å². The van der Waals surface area contributed by atoms with Crippen molar-refractivity contribution in [3.05, 3.63) is 29.3 Å². The lowest BCUT2D eigenvalue weighted by atomic mass is 10.1. The van der Waals surface area contributed by atoms with Crippen LogP contribution in [0.3, 0.4) is 0 Å². The summed E-state index contributed by atoms with van der Waals surface area (Å²) in [5, 5.41) is 2.12. The molecular formula is C11H13NS. The average Bonchev–Trinajstić information content (AvgIpc) is 2.62. The van der Waals surface area contributed by atoms with E-state index in [1.54, 1.807) is 11.3 Å². The van der Waals surface area contributed by atoms with Crippen molar-refractivity contribution >= 4 is 21.6 Å². The molecule has 0 amide bonds. The van der Waals surface area contributed by atoms with E-state index in [0.717, 1.165) is 5.52 Å². The van der Waals surface area contributed by atoms with Gasteiger partial charge in [0.1, 0.15) is 0 Å². The van der Waals surface area contributed by atoms with Crippen molar-refractivity contribution in [1.29, 1.82) is 0 Å². The molecule has 0 saturated carbocycles. The molecule has 0 unspecified atom stereocenters. The highest BCUT2D eigenvalue weighted by Crippen LogP contribution is 2.23. The van der Waals surface area contributed by atoms with E-state index in [4.69, 9.17) is 0 Å². The fourth-order valence-corrected chi connectivity index (χ4v) is 2.39. The third-order valence-electron chi connectivity index (χ3n) is 2.23. The minimum Gasteiger partial charge on any atom is -0.255 e. The second kappa shape index (κ2) is 3.88. The van der Waals surface area contributed by atoms with Gasteiger partial charge in [-0.25, -0.2) is 0 Å². The average molecular weight is 191 g/mol. The fourth-order valence-electron chi connectivity index (χ4n) is 1.49. The van der Waals surface area contributed by atoms with Crippen LogP contribution >= 0.6 is 11.3 Å². The van der Waals surface area contributed by atoms with Crippen LogP contribution in [0.1, 0.15) is 25.3 Å². The molecule has 68 valence electrons. The van der Waals surface area contributed by atoms with Crippen LogP contribution in [-0.2, 0) is 6.42 Å². The number of aryl methyl sites for hydroxylation is 1. The number of fused-ring (bicyclic) bond motifs is 1. The molecule has 0 N–H and O–H groups in total. The van der Waals surface area contributed by atoms with Crippen LogP contribution in [0.25, 0.3) is 10.2 Å². The number of unbranched alkanes of at least 4 members (excludes halogenated alkanes) is 1. The Hall–Kier alpha value is -0.890. The monoisotopic (exact) mass is 191 g/mol. The first kappa shape index (κ1) is 8.70. The Morgan fingerprint density at radius 1 is 1.38 bits per heavy atom. The summed E-state index contributed by atoms with van der Waals surface area (Å²) in [7, 11) is 0. The summed E-state index contributed by atoms with van der Waals surface area (Å²) in [6.07, 6.45) is 5.64. The molecule has 2 aromatic heterocycles. The Morgan fingerprint density at radius 3 is 3.15 bits per heavy atom. The number of rotatable bonds is 3. The first-order valence-corrected chi connectivity index (χ1v) is 5.61. The van der Waals surface area contributed by atoms with Crippen molar-refractivity contribution in [3.8, 4) is 0 Å². The normalized spacial score (nSPS) is 10.8. The number of pyridine rings is 1. The van der Waals surface area contributed by atoms with E-state index in [2.05, 4.69) is 29.4 Å². The lowest BCUT2D eigenvalue weighted by molar-refractivity contribution is 0.799. The van der Waals surface area contributed by atoms with Gasteiger partial charge in [0.2, 0.25) is 0 Å². The van der Waals surface area contributed by atoms with Crippen molar-refractivity contribution < 1.29 is 0 Å². The molecule has 1 nitrogen and oxygen atoms in total. The summed E-state index contributed by atoms with van der Waals surface area (Å²) < 4.78 is 1.37. The molecule has 2 heteroatoms. The summed E-state index contributed by atoms with van der Waals surface area (Å²) in [5.41, 5.74) is 2.61. The second-order valence-corrected chi connectivity index (χ2v) is 4.12. The number of hydrogen-bond donors (Lipinski definition) is 0. The van der Waals surface area contributed by atoms with Crippen LogP contribution in [0.4, 0.5) is 0 Å². The first-order chi connectivity index (χ1) is 6.42. The summed E-state index contributed by atoms with van der Waals surface area (Å²) in [5.74, 6) is 0. The van der Waals surface area contributed by atoms with E-state index in [1.165, 1.54) is 29.5 Å². The van der Waals surface area contributed by atoms with Crippen molar-refractivity contribution in [1.82, 2.24) is 4.98 Å². The van der Waals surface area contributed by atoms with E-state index in [9.17, 15) is 0 Å². The van der Waals surface area contributed by atoms with Crippen LogP contribution in [0.2, 0.25) is 0 Å². The largest absolute Gasteiger partial charge is 0.255 e. The molecule has 0 atom stereocenters. The van der Waals surface area contributed by atoms with Gasteiger partial charge in [0.15, 0.2) is 0 Å². The highest BCUT2D eigenvalue weighted by atomic mass is 32.1. The quantitative estimate of drug-likeness (QED) is 0.721. The molecule has 2 heterocycles. The molecule has 0 saturated heterocycles. The minimum atomic E-state index is 1.15. The van der Waals surface area contributed by atoms with Gasteiger partial charge in [-0.05, 0) is 35.9 Å². The number of aromatic nitrogens is 1. The summed E-state index contributed by atoms with van der Waals surface area (Å²) in [6.45, 7) is 2.23. The van der Waals surface area contributed by atoms with E-state index in [1.807, 2.05) is 6.20 Å². The van der Waals surface area contributed by atoms with Crippen LogP contribution < -0.4 is 0 Å². The van der Waals surface area contributed by atoms with Gasteiger partial charge < -0.3 is 0 Å². The molecule has 0 spiro atoms.